The highest BCUT2D eigenvalue weighted by Gasteiger charge is 2.37. The predicted molar refractivity (Wildman–Crippen MR) is 121 cm³/mol. The number of aliphatic hydroxyl groups is 1. The van der Waals surface area contributed by atoms with Crippen molar-refractivity contribution in [3.05, 3.63) is 59.2 Å². The first-order chi connectivity index (χ1) is 15.3. The standard InChI is InChI=1S/C25H29N3O4/c1-25(2)24(31)26-19-13-17(7-8-22(19)32-25)23(30)28-12-10-20(21(29)15-28)27-11-9-16-5-3-4-6-18(16)14-27/h3-8,13,20-21,29H,9-12,14-15H2,1-2H3,(H,26,31)/t20-,21-/m0/s1. The highest BCUT2D eigenvalue weighted by Crippen LogP contribution is 2.35. The van der Waals surface area contributed by atoms with Crippen LogP contribution in [0.15, 0.2) is 42.5 Å². The summed E-state index contributed by atoms with van der Waals surface area (Å²) in [6.45, 7) is 6.06. The van der Waals surface area contributed by atoms with Crippen LogP contribution >= 0.6 is 0 Å². The van der Waals surface area contributed by atoms with E-state index in [2.05, 4.69) is 34.5 Å². The Hall–Kier alpha value is -2.90. The molecule has 7 heteroatoms. The van der Waals surface area contributed by atoms with Gasteiger partial charge in [0.25, 0.3) is 11.8 Å². The second kappa shape index (κ2) is 7.90. The quantitative estimate of drug-likeness (QED) is 0.757. The number of ether oxygens (including phenoxy) is 1. The van der Waals surface area contributed by atoms with E-state index in [0.717, 1.165) is 25.9 Å². The molecule has 0 saturated carbocycles. The number of nitrogens with zero attached hydrogens (tertiary/aromatic N) is 2. The van der Waals surface area contributed by atoms with Crippen LogP contribution in [0.2, 0.25) is 0 Å². The largest absolute Gasteiger partial charge is 0.476 e. The molecule has 1 saturated heterocycles. The zero-order valence-corrected chi connectivity index (χ0v) is 18.5. The number of carbonyl (C=O) groups excluding carboxylic acids is 2. The number of benzene rings is 2. The second-order valence-electron chi connectivity index (χ2n) is 9.44. The van der Waals surface area contributed by atoms with E-state index in [9.17, 15) is 14.7 Å². The van der Waals surface area contributed by atoms with Gasteiger partial charge >= 0.3 is 0 Å². The van der Waals surface area contributed by atoms with Crippen LogP contribution in [0.3, 0.4) is 0 Å². The number of piperidine rings is 1. The lowest BCUT2D eigenvalue weighted by Gasteiger charge is -2.43. The number of aliphatic hydroxyl groups excluding tert-OH is 1. The number of amides is 2. The van der Waals surface area contributed by atoms with Crippen LogP contribution in [0.4, 0.5) is 5.69 Å². The van der Waals surface area contributed by atoms with E-state index in [1.54, 1.807) is 36.9 Å². The van der Waals surface area contributed by atoms with Crippen molar-refractivity contribution in [3.8, 4) is 5.75 Å². The number of carbonyl (C=O) groups is 2. The minimum Gasteiger partial charge on any atom is -0.476 e. The SMILES string of the molecule is CC1(C)Oc2ccc(C(=O)N3CC[C@H](N4CCc5ccccc5C4)[C@@H](O)C3)cc2NC1=O. The van der Waals surface area contributed by atoms with E-state index in [-0.39, 0.29) is 17.9 Å². The number of anilines is 1. The van der Waals surface area contributed by atoms with Gasteiger partial charge in [-0.1, -0.05) is 24.3 Å². The molecule has 32 heavy (non-hydrogen) atoms. The summed E-state index contributed by atoms with van der Waals surface area (Å²) in [7, 11) is 0. The Morgan fingerprint density at radius 3 is 2.72 bits per heavy atom. The van der Waals surface area contributed by atoms with E-state index in [4.69, 9.17) is 4.74 Å². The number of hydrogen-bond acceptors (Lipinski definition) is 5. The van der Waals surface area contributed by atoms with Crippen LogP contribution in [0, 0.1) is 0 Å². The minimum atomic E-state index is -0.945. The molecule has 7 nitrogen and oxygen atoms in total. The molecule has 5 rings (SSSR count). The van der Waals surface area contributed by atoms with Crippen molar-refractivity contribution in [3.63, 3.8) is 0 Å². The predicted octanol–water partition coefficient (Wildman–Crippen LogP) is 2.43. The highest BCUT2D eigenvalue weighted by molar-refractivity contribution is 6.02. The lowest BCUT2D eigenvalue weighted by Crippen LogP contribution is -2.56. The summed E-state index contributed by atoms with van der Waals surface area (Å²) in [5.41, 5.74) is 2.75. The Kier molecular flexibility index (Phi) is 5.18. The summed E-state index contributed by atoms with van der Waals surface area (Å²) in [5, 5.41) is 13.7. The molecule has 3 aliphatic rings. The van der Waals surface area contributed by atoms with Gasteiger partial charge < -0.3 is 20.1 Å². The molecule has 0 bridgehead atoms. The zero-order chi connectivity index (χ0) is 22.5. The van der Waals surface area contributed by atoms with Gasteiger partial charge in [0.15, 0.2) is 5.60 Å². The Labute approximate surface area is 188 Å². The number of likely N-dealkylation sites (tertiary alicyclic amines) is 1. The van der Waals surface area contributed by atoms with Gasteiger partial charge in [-0.15, -0.1) is 0 Å². The maximum Gasteiger partial charge on any atom is 0.268 e. The average Bonchev–Trinajstić information content (AvgIpc) is 2.78. The van der Waals surface area contributed by atoms with Crippen LogP contribution in [-0.2, 0) is 17.8 Å². The molecule has 0 spiro atoms. The molecule has 2 N–H and O–H groups in total. The minimum absolute atomic E-state index is 0.0471. The van der Waals surface area contributed by atoms with E-state index in [1.807, 2.05) is 0 Å². The van der Waals surface area contributed by atoms with E-state index in [1.165, 1.54) is 11.1 Å². The number of fused-ring (bicyclic) bond motifs is 2. The molecule has 3 aliphatic heterocycles. The maximum atomic E-state index is 13.1. The van der Waals surface area contributed by atoms with Gasteiger partial charge in [-0.2, -0.15) is 0 Å². The number of nitrogens with one attached hydrogen (secondary N) is 1. The summed E-state index contributed by atoms with van der Waals surface area (Å²) in [6.07, 6.45) is 1.12. The highest BCUT2D eigenvalue weighted by atomic mass is 16.5. The van der Waals surface area contributed by atoms with Crippen molar-refractivity contribution in [2.45, 2.75) is 51.0 Å². The Bertz CT molecular complexity index is 1070. The van der Waals surface area contributed by atoms with Crippen LogP contribution in [0.1, 0.15) is 41.8 Å². The lowest BCUT2D eigenvalue weighted by atomic mass is 9.94. The van der Waals surface area contributed by atoms with Crippen LogP contribution in [0.5, 0.6) is 5.75 Å². The van der Waals surface area contributed by atoms with Crippen molar-refractivity contribution >= 4 is 17.5 Å². The van der Waals surface area contributed by atoms with Gasteiger partial charge in [0.2, 0.25) is 0 Å². The fraction of sp³-hybridized carbons (Fsp3) is 0.440. The van der Waals surface area contributed by atoms with E-state index >= 15 is 0 Å². The third kappa shape index (κ3) is 3.76. The molecule has 2 aromatic carbocycles. The third-order valence-electron chi connectivity index (χ3n) is 6.85. The molecule has 0 aromatic heterocycles. The number of β-amino-alcohol motifs (C(OH)–C–C–N with tert-alkyl or cyclic N) is 1. The fourth-order valence-corrected chi connectivity index (χ4v) is 4.96. The Morgan fingerprint density at radius 2 is 1.94 bits per heavy atom. The molecule has 2 atom stereocenters. The van der Waals surface area contributed by atoms with Crippen LogP contribution in [-0.4, -0.2) is 64.1 Å². The molecular formula is C25H29N3O4. The Morgan fingerprint density at radius 1 is 1.16 bits per heavy atom. The molecule has 0 radical (unpaired) electrons. The average molecular weight is 436 g/mol. The van der Waals surface area contributed by atoms with Crippen LogP contribution < -0.4 is 10.1 Å². The van der Waals surface area contributed by atoms with Crippen molar-refractivity contribution < 1.29 is 19.4 Å². The first-order valence-corrected chi connectivity index (χ1v) is 11.2. The molecule has 2 amide bonds. The zero-order valence-electron chi connectivity index (χ0n) is 18.5. The molecule has 1 fully saturated rings. The van der Waals surface area contributed by atoms with Crippen molar-refractivity contribution in [2.24, 2.45) is 0 Å². The van der Waals surface area contributed by atoms with Gasteiger partial charge in [0.05, 0.1) is 11.8 Å². The summed E-state index contributed by atoms with van der Waals surface area (Å²) in [4.78, 5) is 29.4. The summed E-state index contributed by atoms with van der Waals surface area (Å²) in [6, 6.07) is 13.6. The fourth-order valence-electron chi connectivity index (χ4n) is 4.96. The monoisotopic (exact) mass is 435 g/mol. The maximum absolute atomic E-state index is 13.1. The number of hydrogen-bond donors (Lipinski definition) is 2. The van der Waals surface area contributed by atoms with Gasteiger partial charge in [0.1, 0.15) is 5.75 Å². The molecular weight excluding hydrogens is 406 g/mol. The Balaban J connectivity index is 1.26. The second-order valence-corrected chi connectivity index (χ2v) is 9.44. The van der Waals surface area contributed by atoms with Gasteiger partial charge in [-0.25, -0.2) is 0 Å². The lowest BCUT2D eigenvalue weighted by molar-refractivity contribution is -0.129. The van der Waals surface area contributed by atoms with Gasteiger partial charge in [-0.3, -0.25) is 14.5 Å². The van der Waals surface area contributed by atoms with Gasteiger partial charge in [-0.05, 0) is 56.0 Å². The smallest absolute Gasteiger partial charge is 0.268 e. The summed E-state index contributed by atoms with van der Waals surface area (Å²) >= 11 is 0. The van der Waals surface area contributed by atoms with E-state index < -0.39 is 11.7 Å². The van der Waals surface area contributed by atoms with Crippen LogP contribution in [0.25, 0.3) is 0 Å². The molecule has 3 heterocycles. The van der Waals surface area contributed by atoms with Crippen molar-refractivity contribution in [1.82, 2.24) is 9.80 Å². The first kappa shape index (κ1) is 21.0. The topological polar surface area (TPSA) is 82.1 Å². The number of rotatable bonds is 2. The van der Waals surface area contributed by atoms with Crippen molar-refractivity contribution in [1.29, 1.82) is 0 Å². The summed E-state index contributed by atoms with van der Waals surface area (Å²) < 4.78 is 5.75. The third-order valence-corrected chi connectivity index (χ3v) is 6.85. The van der Waals surface area contributed by atoms with Crippen molar-refractivity contribution in [2.75, 3.05) is 25.0 Å². The molecule has 168 valence electrons. The normalized spacial score (nSPS) is 24.7. The first-order valence-electron chi connectivity index (χ1n) is 11.2. The molecule has 2 aromatic rings. The molecule has 0 unspecified atom stereocenters. The van der Waals surface area contributed by atoms with E-state index in [0.29, 0.717) is 30.1 Å². The van der Waals surface area contributed by atoms with Gasteiger partial charge in [0, 0.05) is 37.8 Å². The molecule has 0 aliphatic carbocycles. The summed E-state index contributed by atoms with van der Waals surface area (Å²) in [5.74, 6) is 0.164.